The van der Waals surface area contributed by atoms with Gasteiger partial charge in [0.1, 0.15) is 42.3 Å². The highest BCUT2D eigenvalue weighted by Gasteiger charge is 2.60. The first-order chi connectivity index (χ1) is 46.3. The lowest BCUT2D eigenvalue weighted by molar-refractivity contribution is -0.952. The van der Waals surface area contributed by atoms with Crippen molar-refractivity contribution in [3.8, 4) is 0 Å². The summed E-state index contributed by atoms with van der Waals surface area (Å²) < 4.78 is 49.4. The molecular weight excluding hydrogens is 1290 g/mol. The number of carboxylic acids is 1. The van der Waals surface area contributed by atoms with Gasteiger partial charge < -0.3 is 81.3 Å². The van der Waals surface area contributed by atoms with Gasteiger partial charge in [-0.2, -0.15) is 13.2 Å². The molecule has 14 atom stereocenters. The van der Waals surface area contributed by atoms with Gasteiger partial charge in [0.05, 0.1) is 55.8 Å². The molecule has 544 valence electrons. The zero-order valence-corrected chi connectivity index (χ0v) is 59.4. The van der Waals surface area contributed by atoms with E-state index in [0.717, 1.165) is 47.4 Å². The summed E-state index contributed by atoms with van der Waals surface area (Å²) in [5, 5.41) is 32.1. The van der Waals surface area contributed by atoms with Crippen molar-refractivity contribution in [3.63, 3.8) is 0 Å². The quantitative estimate of drug-likeness (QED) is 0.0201. The van der Waals surface area contributed by atoms with Crippen LogP contribution in [0.1, 0.15) is 134 Å². The number of anilines is 1. The fraction of sp³-hybridized carbons (Fsp3) is 0.623. The molecule has 1 aliphatic carbocycles. The van der Waals surface area contributed by atoms with Gasteiger partial charge in [0.15, 0.2) is 6.04 Å². The normalized spacial score (nSPS) is 20.8. The average molecular weight is 1400 g/mol. The molecule has 25 nitrogen and oxygen atoms in total. The number of aliphatic carboxylic acids is 1. The number of ether oxygens (including phenoxy) is 3. The molecule has 0 spiro atoms. The Morgan fingerprint density at radius 1 is 0.898 bits per heavy atom. The summed E-state index contributed by atoms with van der Waals surface area (Å²) in [6, 6.07) is 10.3. The standard InChI is InChI=1S/C67H102N12O11S.C2HF3O2/c1-14-32-90-67(87)76-55(40(3)4)62(83)73-50(23-19-29-71-66(68)86)61(82)72-48-27-25-46(47(35-48)38-69-9)39-79(11)49-28-26-45(36-49)58(79)63(84)75-56(41(5)6)65(85)77(10)57(42(7)15-2)53(88-12)37-54(80)78-31-20-24-52(78)59(89-13)43(8)60(81)74-51(64-70-30-33-91-64)34-44-21-17-16-18-22-44;3-2(4,5)1(6)7/h14,16-18,21-22,25,27,30,33,35,40-43,45,49-53,55-59,69H,1,15,19-20,23-24,26,28-29,31-32,34,36-39H2,2-13H3,(H7-,68,71,72,73,74,75,76,81,82,83,84,86,87);(H,6,7)/t42-,43+,45-,49+,50-,51-,52-,53+,55-,56-,57-,58-,59+,79?;/m0./s1. The number of carbonyl (C=O) groups excluding carboxylic acids is 9. The molecular formula is C69H103F3N12O13S. The van der Waals surface area contributed by atoms with Crippen molar-refractivity contribution in [3.05, 3.63) is 94.5 Å². The first kappa shape index (κ1) is 80.9. The van der Waals surface area contributed by atoms with Gasteiger partial charge in [0.25, 0.3) is 5.91 Å². The van der Waals surface area contributed by atoms with Crippen molar-refractivity contribution in [1.82, 2.24) is 46.7 Å². The molecule has 3 aromatic rings. The molecule has 0 radical (unpaired) electrons. The van der Waals surface area contributed by atoms with Crippen molar-refractivity contribution in [2.45, 2.75) is 192 Å². The summed E-state index contributed by atoms with van der Waals surface area (Å²) in [4.78, 5) is 128. The van der Waals surface area contributed by atoms with E-state index in [9.17, 15) is 41.9 Å². The second-order valence-corrected chi connectivity index (χ2v) is 27.6. The highest BCUT2D eigenvalue weighted by atomic mass is 32.1. The van der Waals surface area contributed by atoms with Crippen LogP contribution in [0, 0.1) is 29.6 Å². The maximum absolute atomic E-state index is 15.2. The van der Waals surface area contributed by atoms with Crippen LogP contribution < -0.4 is 48.1 Å². The molecule has 29 heteroatoms. The highest BCUT2D eigenvalue weighted by Crippen LogP contribution is 2.48. The lowest BCUT2D eigenvalue weighted by Gasteiger charge is -2.45. The Kier molecular flexibility index (Phi) is 31.4. The molecule has 3 fully saturated rings. The van der Waals surface area contributed by atoms with E-state index in [-0.39, 0.29) is 91.4 Å². The number of nitrogens with one attached hydrogen (secondary N) is 7. The molecule has 9 amide bonds. The molecule has 1 saturated carbocycles. The predicted molar refractivity (Wildman–Crippen MR) is 362 cm³/mol. The fourth-order valence-corrected chi connectivity index (χ4v) is 14.7. The number of thiazole rings is 1. The third-order valence-electron chi connectivity index (χ3n) is 19.2. The van der Waals surface area contributed by atoms with Crippen LogP contribution in [0.15, 0.2) is 72.8 Å². The van der Waals surface area contributed by atoms with Crippen LogP contribution in [0.2, 0.25) is 0 Å². The number of piperidine rings is 1. The van der Waals surface area contributed by atoms with Crippen LogP contribution in [-0.4, -0.2) is 189 Å². The van der Waals surface area contributed by atoms with Crippen molar-refractivity contribution < 1.29 is 80.1 Å². The number of aromatic nitrogens is 1. The van der Waals surface area contributed by atoms with Gasteiger partial charge in [-0.25, -0.2) is 14.6 Å². The number of urea groups is 1. The van der Waals surface area contributed by atoms with E-state index in [1.54, 1.807) is 52.3 Å². The largest absolute Gasteiger partial charge is 0.542 e. The Morgan fingerprint density at radius 3 is 2.16 bits per heavy atom. The van der Waals surface area contributed by atoms with E-state index < -0.39 is 84.4 Å². The summed E-state index contributed by atoms with van der Waals surface area (Å²) in [5.74, 6) is -6.25. The third kappa shape index (κ3) is 22.1. The maximum Gasteiger partial charge on any atom is 0.430 e. The zero-order chi connectivity index (χ0) is 72.8. The Bertz CT molecular complexity index is 3150. The number of benzene rings is 2. The minimum atomic E-state index is -5.19. The van der Waals surface area contributed by atoms with E-state index in [2.05, 4.69) is 55.8 Å². The van der Waals surface area contributed by atoms with Crippen molar-refractivity contribution >= 4 is 70.6 Å². The molecule has 1 aromatic heterocycles. The van der Waals surface area contributed by atoms with Crippen LogP contribution in [0.25, 0.3) is 0 Å². The molecule has 98 heavy (non-hydrogen) atoms. The lowest BCUT2D eigenvalue weighted by Crippen LogP contribution is -2.64. The number of likely N-dealkylation sites (N-methyl/N-ethyl adjacent to an activating group) is 2. The van der Waals surface area contributed by atoms with Gasteiger partial charge >= 0.3 is 18.3 Å². The van der Waals surface area contributed by atoms with Crippen LogP contribution in [0.5, 0.6) is 0 Å². The van der Waals surface area contributed by atoms with Gasteiger partial charge in [-0.05, 0) is 93.0 Å². The summed E-state index contributed by atoms with van der Waals surface area (Å²) in [6.07, 6.45) is 1.53. The van der Waals surface area contributed by atoms with E-state index in [0.29, 0.717) is 55.5 Å². The number of hydrogen-bond acceptors (Lipinski definition) is 16. The number of nitrogens with two attached hydrogens (primary N) is 1. The minimum Gasteiger partial charge on any atom is -0.542 e. The number of primary amides is 1. The lowest BCUT2D eigenvalue weighted by atomic mass is 9.89. The number of nitrogens with zero attached hydrogens (tertiary/aromatic N) is 4. The fourth-order valence-electron chi connectivity index (χ4n) is 14.0. The van der Waals surface area contributed by atoms with Crippen molar-refractivity contribution in [1.29, 1.82) is 0 Å². The Balaban J connectivity index is 0.00000234. The molecule has 1 unspecified atom stereocenters. The number of hydrogen-bond donors (Lipinski definition) is 8. The van der Waals surface area contributed by atoms with Gasteiger partial charge in [0.2, 0.25) is 29.5 Å². The Morgan fingerprint density at radius 2 is 1.58 bits per heavy atom. The number of rotatable bonds is 35. The highest BCUT2D eigenvalue weighted by molar-refractivity contribution is 7.09. The minimum absolute atomic E-state index is 0.0206. The molecule has 6 rings (SSSR count). The topological polar surface area (TPSA) is 334 Å². The molecule has 2 bridgehead atoms. The summed E-state index contributed by atoms with van der Waals surface area (Å²) in [5.41, 5.74) is 8.69. The number of carboxylic acid groups (broad SMARTS) is 1. The van der Waals surface area contributed by atoms with Gasteiger partial charge in [-0.15, -0.1) is 11.3 Å². The Hall–Kier alpha value is -7.73. The number of fused-ring (bicyclic) bond motifs is 2. The van der Waals surface area contributed by atoms with Gasteiger partial charge in [-0.3, -0.25) is 28.8 Å². The number of alkyl halides is 3. The molecule has 3 aliphatic rings. The van der Waals surface area contributed by atoms with Gasteiger partial charge in [0, 0.05) is 76.1 Å². The van der Waals surface area contributed by atoms with Crippen molar-refractivity contribution in [2.24, 2.45) is 35.3 Å². The number of amides is 9. The van der Waals surface area contributed by atoms with E-state index in [4.69, 9.17) is 29.8 Å². The summed E-state index contributed by atoms with van der Waals surface area (Å²) in [6.45, 7) is 18.4. The van der Waals surface area contributed by atoms with E-state index >= 15 is 9.59 Å². The molecule has 2 saturated heterocycles. The molecule has 9 N–H and O–H groups in total. The second-order valence-electron chi connectivity index (χ2n) is 26.7. The average Bonchev–Trinajstić information content (AvgIpc) is 1.57. The van der Waals surface area contributed by atoms with Crippen LogP contribution in [0.3, 0.4) is 0 Å². The first-order valence-corrected chi connectivity index (χ1v) is 34.5. The van der Waals surface area contributed by atoms with Crippen molar-refractivity contribution in [2.75, 3.05) is 60.4 Å². The molecule has 2 aromatic carbocycles. The molecule has 2 aliphatic heterocycles. The van der Waals surface area contributed by atoms with Crippen LogP contribution in [0.4, 0.5) is 28.4 Å². The second kappa shape index (κ2) is 38.0. The van der Waals surface area contributed by atoms with E-state index in [1.165, 1.54) is 17.4 Å². The number of likely N-dealkylation sites (tertiary alicyclic amines) is 2. The third-order valence-corrected chi connectivity index (χ3v) is 20.1. The predicted octanol–water partition coefficient (Wildman–Crippen LogP) is 5.63. The number of alkyl carbamates (subject to hydrolysis) is 1. The zero-order valence-electron chi connectivity index (χ0n) is 58.5. The molecule has 3 heterocycles. The summed E-state index contributed by atoms with van der Waals surface area (Å²) >= 11 is 1.49. The monoisotopic (exact) mass is 1400 g/mol. The van der Waals surface area contributed by atoms with Gasteiger partial charge in [-0.1, -0.05) is 104 Å². The number of methoxy groups -OCH3 is 2. The number of halogens is 3. The smallest absolute Gasteiger partial charge is 0.430 e. The maximum atomic E-state index is 15.2. The van der Waals surface area contributed by atoms with E-state index in [1.807, 2.05) is 94.4 Å². The summed E-state index contributed by atoms with van der Waals surface area (Å²) in [7, 11) is 8.86. The Labute approximate surface area is 577 Å². The number of quaternary nitrogens is 1. The van der Waals surface area contributed by atoms with Crippen LogP contribution >= 0.6 is 11.3 Å². The number of carbonyl (C=O) groups is 9. The SMILES string of the molecule is C=CCOC(=O)N[C@H](C(=O)N[C@@H](CCCNC(N)=O)C(=O)Nc1ccc(C[N+]2(C)[C@@H]3CC[C@@H](C3)[C@H]2C(=O)N[C@H](C(=O)N(C)[C@@H]([C@@H](C)CC)[C@@H](CC(=O)N2CCC[C@H]2[C@H](OC)[C@@H](C)C(=O)N[C@@H](Cc2ccccc2)c2nccs2)OC)C(C)C)c(CNC)c1)C(C)C.O=C([O-])C(F)(F)F. The van der Waals surface area contributed by atoms with Crippen LogP contribution in [-0.2, 0) is 67.3 Å². The first-order valence-electron chi connectivity index (χ1n) is 33.6.